The van der Waals surface area contributed by atoms with E-state index in [1.165, 1.54) is 18.3 Å². The van der Waals surface area contributed by atoms with Crippen LogP contribution in [-0.2, 0) is 11.2 Å². The lowest BCUT2D eigenvalue weighted by molar-refractivity contribution is -0.116. The van der Waals surface area contributed by atoms with Gasteiger partial charge in [-0.25, -0.2) is 9.37 Å². The highest BCUT2D eigenvalue weighted by Gasteiger charge is 2.05. The maximum Gasteiger partial charge on any atom is 0.244 e. The smallest absolute Gasteiger partial charge is 0.244 e. The zero-order chi connectivity index (χ0) is 19.2. The number of aromatic nitrogens is 2. The van der Waals surface area contributed by atoms with Crippen molar-refractivity contribution in [3.05, 3.63) is 65.9 Å². The van der Waals surface area contributed by atoms with Crippen LogP contribution in [0.25, 0.3) is 11.7 Å². The van der Waals surface area contributed by atoms with E-state index in [9.17, 15) is 9.18 Å². The van der Waals surface area contributed by atoms with E-state index in [0.717, 1.165) is 11.3 Å². The summed E-state index contributed by atoms with van der Waals surface area (Å²) in [5.74, 6) is 0.703. The van der Waals surface area contributed by atoms with Crippen molar-refractivity contribution in [1.82, 2.24) is 14.7 Å². The minimum Gasteiger partial charge on any atom is -0.493 e. The number of methoxy groups -OCH3 is 2. The first kappa shape index (κ1) is 18.4. The van der Waals surface area contributed by atoms with Gasteiger partial charge in [-0.15, -0.1) is 0 Å². The Kier molecular flexibility index (Phi) is 5.71. The molecule has 2 heterocycles. The summed E-state index contributed by atoms with van der Waals surface area (Å²) in [7, 11) is 3.13. The van der Waals surface area contributed by atoms with Gasteiger partial charge in [-0.2, -0.15) is 0 Å². The molecule has 0 saturated heterocycles. The highest BCUT2D eigenvalue weighted by molar-refractivity contribution is 5.91. The average Bonchev–Trinajstić information content (AvgIpc) is 3.07. The van der Waals surface area contributed by atoms with Crippen LogP contribution < -0.4 is 14.8 Å². The predicted molar refractivity (Wildman–Crippen MR) is 100 cm³/mol. The number of carbonyl (C=O) groups is 1. The van der Waals surface area contributed by atoms with Crippen LogP contribution in [0.4, 0.5) is 4.39 Å². The maximum absolute atomic E-state index is 13.2. The molecule has 0 unspecified atom stereocenters. The third-order valence-corrected chi connectivity index (χ3v) is 3.98. The second-order valence-electron chi connectivity index (χ2n) is 5.83. The summed E-state index contributed by atoms with van der Waals surface area (Å²) >= 11 is 0. The fourth-order valence-electron chi connectivity index (χ4n) is 2.64. The first-order chi connectivity index (χ1) is 13.1. The summed E-state index contributed by atoms with van der Waals surface area (Å²) in [4.78, 5) is 16.4. The van der Waals surface area contributed by atoms with Crippen molar-refractivity contribution >= 4 is 17.6 Å². The summed E-state index contributed by atoms with van der Waals surface area (Å²) in [6, 6.07) is 8.39. The van der Waals surface area contributed by atoms with Gasteiger partial charge in [0.1, 0.15) is 11.5 Å². The predicted octanol–water partition coefficient (Wildman–Crippen LogP) is 2.86. The van der Waals surface area contributed by atoms with Gasteiger partial charge < -0.3 is 19.2 Å². The van der Waals surface area contributed by atoms with E-state index in [0.29, 0.717) is 30.1 Å². The second kappa shape index (κ2) is 8.35. The first-order valence-corrected chi connectivity index (χ1v) is 8.40. The molecule has 0 atom stereocenters. The number of imidazole rings is 1. The van der Waals surface area contributed by atoms with Crippen LogP contribution >= 0.6 is 0 Å². The number of ether oxygens (including phenoxy) is 2. The number of pyridine rings is 1. The average molecular weight is 369 g/mol. The number of fused-ring (bicyclic) bond motifs is 1. The van der Waals surface area contributed by atoms with E-state index < -0.39 is 0 Å². The molecule has 0 aliphatic rings. The Balaban J connectivity index is 1.53. The van der Waals surface area contributed by atoms with E-state index >= 15 is 0 Å². The van der Waals surface area contributed by atoms with Crippen molar-refractivity contribution in [2.75, 3.05) is 20.8 Å². The van der Waals surface area contributed by atoms with E-state index in [4.69, 9.17) is 9.47 Å². The summed E-state index contributed by atoms with van der Waals surface area (Å²) < 4.78 is 25.2. The van der Waals surface area contributed by atoms with Crippen molar-refractivity contribution in [3.8, 4) is 11.5 Å². The van der Waals surface area contributed by atoms with Gasteiger partial charge in [0.2, 0.25) is 5.91 Å². The van der Waals surface area contributed by atoms with E-state index in [2.05, 4.69) is 10.3 Å². The molecule has 140 valence electrons. The van der Waals surface area contributed by atoms with Crippen molar-refractivity contribution in [3.63, 3.8) is 0 Å². The van der Waals surface area contributed by atoms with Crippen molar-refractivity contribution in [2.24, 2.45) is 0 Å². The Morgan fingerprint density at radius 3 is 2.78 bits per heavy atom. The third-order valence-electron chi connectivity index (χ3n) is 3.98. The number of hydrogen-bond donors (Lipinski definition) is 1. The number of rotatable bonds is 7. The Morgan fingerprint density at radius 2 is 2.00 bits per heavy atom. The molecule has 0 aliphatic heterocycles. The van der Waals surface area contributed by atoms with Crippen LogP contribution in [-0.4, -0.2) is 36.1 Å². The summed E-state index contributed by atoms with van der Waals surface area (Å²) in [6.07, 6.45) is 6.84. The molecule has 0 aliphatic carbocycles. The molecule has 7 heteroatoms. The topological polar surface area (TPSA) is 64.9 Å². The largest absolute Gasteiger partial charge is 0.493 e. The van der Waals surface area contributed by atoms with Crippen LogP contribution in [0, 0.1) is 5.82 Å². The monoisotopic (exact) mass is 369 g/mol. The molecule has 3 aromatic rings. The normalized spacial score (nSPS) is 11.1. The highest BCUT2D eigenvalue weighted by Crippen LogP contribution is 2.27. The molecule has 1 amide bonds. The number of benzene rings is 1. The number of carbonyl (C=O) groups excluding carboxylic acids is 1. The maximum atomic E-state index is 13.2. The Morgan fingerprint density at radius 1 is 1.19 bits per heavy atom. The zero-order valence-corrected chi connectivity index (χ0v) is 15.1. The molecule has 0 fully saturated rings. The van der Waals surface area contributed by atoms with Crippen LogP contribution in [0.5, 0.6) is 11.5 Å². The standard InChI is InChI=1S/C20H20FN3O3/c1-26-17-6-3-14(11-18(17)27-2)4-8-20(25)22-10-9-16-13-24-12-15(21)5-7-19(24)23-16/h3-8,11-13H,9-10H2,1-2H3,(H,22,25)/b8-4+. The molecule has 1 aromatic carbocycles. The van der Waals surface area contributed by atoms with Gasteiger partial charge in [0, 0.05) is 31.4 Å². The number of nitrogens with zero attached hydrogens (tertiary/aromatic N) is 2. The van der Waals surface area contributed by atoms with E-state index in [1.807, 2.05) is 6.07 Å². The lowest BCUT2D eigenvalue weighted by Crippen LogP contribution is -2.23. The van der Waals surface area contributed by atoms with E-state index in [-0.39, 0.29) is 11.7 Å². The van der Waals surface area contributed by atoms with Crippen LogP contribution in [0.2, 0.25) is 0 Å². The zero-order valence-electron chi connectivity index (χ0n) is 15.1. The van der Waals surface area contributed by atoms with Gasteiger partial charge in [-0.3, -0.25) is 4.79 Å². The molecule has 0 bridgehead atoms. The molecule has 2 aromatic heterocycles. The van der Waals surface area contributed by atoms with Gasteiger partial charge in [0.05, 0.1) is 19.9 Å². The van der Waals surface area contributed by atoms with Crippen LogP contribution in [0.1, 0.15) is 11.3 Å². The molecule has 0 saturated carbocycles. The summed E-state index contributed by atoms with van der Waals surface area (Å²) in [5.41, 5.74) is 2.28. The molecule has 27 heavy (non-hydrogen) atoms. The Labute approximate surface area is 156 Å². The van der Waals surface area contributed by atoms with Gasteiger partial charge >= 0.3 is 0 Å². The fraction of sp³-hybridized carbons (Fsp3) is 0.200. The number of hydrogen-bond acceptors (Lipinski definition) is 4. The summed E-state index contributed by atoms with van der Waals surface area (Å²) in [6.45, 7) is 0.432. The van der Waals surface area contributed by atoms with Crippen LogP contribution in [0.3, 0.4) is 0 Å². The number of amides is 1. The van der Waals surface area contributed by atoms with E-state index in [1.54, 1.807) is 49.1 Å². The highest BCUT2D eigenvalue weighted by atomic mass is 19.1. The molecular formula is C20H20FN3O3. The first-order valence-electron chi connectivity index (χ1n) is 8.40. The van der Waals surface area contributed by atoms with Gasteiger partial charge in [0.15, 0.2) is 11.5 Å². The minimum atomic E-state index is -0.319. The minimum absolute atomic E-state index is 0.209. The van der Waals surface area contributed by atoms with Gasteiger partial charge in [-0.1, -0.05) is 6.07 Å². The Hall–Kier alpha value is -3.35. The molecule has 3 rings (SSSR count). The molecule has 6 nitrogen and oxygen atoms in total. The number of halogens is 1. The third kappa shape index (κ3) is 4.63. The molecule has 0 spiro atoms. The molecular weight excluding hydrogens is 349 g/mol. The van der Waals surface area contributed by atoms with Crippen LogP contribution in [0.15, 0.2) is 48.8 Å². The quantitative estimate of drug-likeness (QED) is 0.651. The fourth-order valence-corrected chi connectivity index (χ4v) is 2.64. The van der Waals surface area contributed by atoms with Gasteiger partial charge in [0.25, 0.3) is 0 Å². The SMILES string of the molecule is COc1ccc(/C=C/C(=O)NCCc2cn3cc(F)ccc3n2)cc1OC. The molecule has 0 radical (unpaired) electrons. The molecule has 1 N–H and O–H groups in total. The van der Waals surface area contributed by atoms with Crippen molar-refractivity contribution < 1.29 is 18.7 Å². The van der Waals surface area contributed by atoms with Gasteiger partial charge in [-0.05, 0) is 35.9 Å². The summed E-state index contributed by atoms with van der Waals surface area (Å²) in [5, 5.41) is 2.80. The lowest BCUT2D eigenvalue weighted by atomic mass is 10.2. The van der Waals surface area contributed by atoms with Crippen molar-refractivity contribution in [1.29, 1.82) is 0 Å². The Bertz CT molecular complexity index is 982. The van der Waals surface area contributed by atoms with Crippen molar-refractivity contribution in [2.45, 2.75) is 6.42 Å². The lowest BCUT2D eigenvalue weighted by Gasteiger charge is -2.07. The second-order valence-corrected chi connectivity index (χ2v) is 5.83. The number of nitrogens with one attached hydrogen (secondary N) is 1.